The van der Waals surface area contributed by atoms with E-state index in [4.69, 9.17) is 15.4 Å². The Kier molecular flexibility index (Phi) is 2.96. The molecule has 0 amide bonds. The van der Waals surface area contributed by atoms with Crippen LogP contribution in [0, 0.1) is 13.7 Å². The Balaban J connectivity index is 1.77. The van der Waals surface area contributed by atoms with Gasteiger partial charge in [-0.15, -0.1) is 0 Å². The van der Waals surface area contributed by atoms with E-state index in [1.54, 1.807) is 12.1 Å². The molecule has 0 N–H and O–H groups in total. The van der Waals surface area contributed by atoms with Gasteiger partial charge in [0.1, 0.15) is 11.2 Å². The summed E-state index contributed by atoms with van der Waals surface area (Å²) in [6.45, 7) is -5.71. The molecule has 2 aromatic heterocycles. The number of fused-ring (bicyclic) bond motifs is 7. The third-order valence-corrected chi connectivity index (χ3v) is 5.91. The number of alkyl halides is 3. The summed E-state index contributed by atoms with van der Waals surface area (Å²) in [6.07, 6.45) is -8.19. The number of hydrogen-bond donors (Lipinski definition) is 0. The fourth-order valence-electron chi connectivity index (χ4n) is 4.45. The molecular formula is C29H20F3NO. The predicted molar refractivity (Wildman–Crippen MR) is 131 cm³/mol. The van der Waals surface area contributed by atoms with Crippen LogP contribution < -0.4 is 0 Å². The number of aryl methyl sites for hydroxylation is 2. The lowest BCUT2D eigenvalue weighted by molar-refractivity contribution is -0.127. The summed E-state index contributed by atoms with van der Waals surface area (Å²) in [4.78, 5) is 4.13. The first kappa shape index (κ1) is 13.8. The van der Waals surface area contributed by atoms with Gasteiger partial charge >= 0.3 is 6.18 Å². The molecule has 0 aliphatic heterocycles. The van der Waals surface area contributed by atoms with Crippen LogP contribution in [0.1, 0.15) is 27.7 Å². The Hall–Kier alpha value is -3.86. The molecule has 0 saturated carbocycles. The van der Waals surface area contributed by atoms with Crippen LogP contribution in [0.25, 0.3) is 54.7 Å². The van der Waals surface area contributed by atoms with E-state index in [-0.39, 0.29) is 22.2 Å². The second-order valence-corrected chi connectivity index (χ2v) is 8.07. The zero-order valence-corrected chi connectivity index (χ0v) is 17.4. The summed E-state index contributed by atoms with van der Waals surface area (Å²) in [5.41, 5.74) is -1.69. The zero-order valence-electron chi connectivity index (χ0n) is 25.4. The summed E-state index contributed by atoms with van der Waals surface area (Å²) in [6, 6.07) is 17.8. The maximum atomic E-state index is 13.9. The normalized spacial score (nSPS) is 17.0. The second kappa shape index (κ2) is 7.32. The van der Waals surface area contributed by atoms with Crippen molar-refractivity contribution in [1.29, 1.82) is 0 Å². The number of nitrogens with zero attached hydrogens (tertiary/aromatic N) is 1. The van der Waals surface area contributed by atoms with Crippen LogP contribution in [0.2, 0.25) is 0 Å². The average molecular weight is 464 g/mol. The molecule has 0 radical (unpaired) electrons. The largest absolute Gasteiger partial charge is 0.455 e. The standard InChI is InChI=1S/C29H20F3NO/c1-16-11-25(33-15-17(16)2)24-13-18(14-29(30,31)32)12-23-22-10-9-20-8-7-19-5-3-4-6-21(19)26(20)28(22)34-27(23)24/h3-13,15H,14H2,1-2H3/i1D3,2D3,14D2. The van der Waals surface area contributed by atoms with Gasteiger partial charge in [-0.2, -0.15) is 13.2 Å². The number of benzene rings is 4. The van der Waals surface area contributed by atoms with Crippen molar-refractivity contribution in [2.24, 2.45) is 0 Å². The first-order valence-corrected chi connectivity index (χ1v) is 10.4. The highest BCUT2D eigenvalue weighted by atomic mass is 19.4. The molecule has 0 fully saturated rings. The minimum absolute atomic E-state index is 0.0535. The van der Waals surface area contributed by atoms with Gasteiger partial charge in [0.25, 0.3) is 0 Å². The number of halogens is 3. The lowest BCUT2D eigenvalue weighted by atomic mass is 9.97. The van der Waals surface area contributed by atoms with E-state index in [0.717, 1.165) is 40.6 Å². The lowest BCUT2D eigenvalue weighted by Gasteiger charge is -2.10. The highest BCUT2D eigenvalue weighted by Gasteiger charge is 2.29. The van der Waals surface area contributed by atoms with Gasteiger partial charge in [-0.05, 0) is 70.8 Å². The van der Waals surface area contributed by atoms with Gasteiger partial charge in [0.2, 0.25) is 0 Å². The van der Waals surface area contributed by atoms with Crippen molar-refractivity contribution in [2.75, 3.05) is 0 Å². The van der Waals surface area contributed by atoms with E-state index in [1.165, 1.54) is 0 Å². The van der Waals surface area contributed by atoms with Gasteiger partial charge < -0.3 is 4.42 Å². The first-order chi connectivity index (χ1) is 19.5. The van der Waals surface area contributed by atoms with E-state index in [9.17, 15) is 13.2 Å². The molecule has 0 aliphatic carbocycles. The molecule has 0 aliphatic rings. The number of pyridine rings is 1. The molecule has 0 atom stereocenters. The molecule has 2 heterocycles. The van der Waals surface area contributed by atoms with Crippen molar-refractivity contribution in [3.05, 3.63) is 89.6 Å². The van der Waals surface area contributed by atoms with Crippen molar-refractivity contribution in [3.63, 3.8) is 0 Å². The molecule has 4 aromatic carbocycles. The molecule has 34 heavy (non-hydrogen) atoms. The number of aromatic nitrogens is 1. The highest BCUT2D eigenvalue weighted by Crippen LogP contribution is 2.42. The average Bonchev–Trinajstić information content (AvgIpc) is 3.29. The third kappa shape index (κ3) is 3.31. The molecule has 0 spiro atoms. The van der Waals surface area contributed by atoms with Crippen molar-refractivity contribution < 1.29 is 28.6 Å². The van der Waals surface area contributed by atoms with Gasteiger partial charge in [-0.1, -0.05) is 42.5 Å². The second-order valence-electron chi connectivity index (χ2n) is 8.07. The van der Waals surface area contributed by atoms with Crippen molar-refractivity contribution in [1.82, 2.24) is 4.98 Å². The minimum Gasteiger partial charge on any atom is -0.455 e. The Labute approximate surface area is 204 Å². The summed E-state index contributed by atoms with van der Waals surface area (Å²) in [7, 11) is 0. The van der Waals surface area contributed by atoms with Crippen LogP contribution in [0.5, 0.6) is 0 Å². The smallest absolute Gasteiger partial charge is 0.393 e. The summed E-state index contributed by atoms with van der Waals surface area (Å²) < 4.78 is 111. The van der Waals surface area contributed by atoms with Gasteiger partial charge in [-0.25, -0.2) is 0 Å². The number of hydrogen-bond acceptors (Lipinski definition) is 2. The molecule has 2 nitrogen and oxygen atoms in total. The van der Waals surface area contributed by atoms with E-state index in [2.05, 4.69) is 4.98 Å². The van der Waals surface area contributed by atoms with Crippen LogP contribution in [-0.2, 0) is 6.37 Å². The molecule has 6 aromatic rings. The fourth-order valence-corrected chi connectivity index (χ4v) is 4.45. The third-order valence-electron chi connectivity index (χ3n) is 5.91. The molecule has 5 heteroatoms. The van der Waals surface area contributed by atoms with Gasteiger partial charge in [0.05, 0.1) is 12.1 Å². The van der Waals surface area contributed by atoms with Crippen molar-refractivity contribution >= 4 is 43.5 Å². The fraction of sp³-hybridized carbons (Fsp3) is 0.138. The monoisotopic (exact) mass is 463 g/mol. The van der Waals surface area contributed by atoms with Gasteiger partial charge in [0.15, 0.2) is 0 Å². The SMILES string of the molecule is [2H]C([2H])([2H])c1cnc(-c2cc(C([2H])([2H])C(F)(F)F)cc3c2oc2c3ccc3ccc4ccccc4c32)cc1C([2H])([2H])[2H]. The molecule has 0 bridgehead atoms. The Morgan fingerprint density at radius 1 is 0.853 bits per heavy atom. The minimum atomic E-state index is -5.28. The molecular weight excluding hydrogens is 435 g/mol. The van der Waals surface area contributed by atoms with Crippen LogP contribution in [-0.4, -0.2) is 11.2 Å². The number of furan rings is 1. The van der Waals surface area contributed by atoms with E-state index in [1.807, 2.05) is 36.4 Å². The Bertz CT molecular complexity index is 2040. The van der Waals surface area contributed by atoms with E-state index >= 15 is 0 Å². The van der Waals surface area contributed by atoms with E-state index < -0.39 is 42.9 Å². The van der Waals surface area contributed by atoms with Crippen LogP contribution in [0.3, 0.4) is 0 Å². The summed E-state index contributed by atoms with van der Waals surface area (Å²) in [5, 5.41) is 3.82. The maximum Gasteiger partial charge on any atom is 0.393 e. The molecule has 6 rings (SSSR count). The Morgan fingerprint density at radius 3 is 2.47 bits per heavy atom. The molecule has 168 valence electrons. The van der Waals surface area contributed by atoms with E-state index in [0.29, 0.717) is 16.4 Å². The zero-order chi connectivity index (χ0) is 30.4. The highest BCUT2D eigenvalue weighted by molar-refractivity contribution is 6.23. The topological polar surface area (TPSA) is 26.0 Å². The van der Waals surface area contributed by atoms with Crippen molar-refractivity contribution in [3.8, 4) is 11.3 Å². The van der Waals surface area contributed by atoms with Gasteiger partial charge in [-0.3, -0.25) is 4.98 Å². The molecule has 0 saturated heterocycles. The quantitative estimate of drug-likeness (QED) is 0.240. The van der Waals surface area contributed by atoms with Crippen molar-refractivity contribution in [2.45, 2.75) is 26.3 Å². The Morgan fingerprint density at radius 2 is 1.65 bits per heavy atom. The summed E-state index contributed by atoms with van der Waals surface area (Å²) >= 11 is 0. The first-order valence-electron chi connectivity index (χ1n) is 14.4. The van der Waals surface area contributed by atoms with Crippen LogP contribution in [0.4, 0.5) is 13.2 Å². The predicted octanol–water partition coefficient (Wildman–Crippen LogP) is 8.68. The summed E-state index contributed by atoms with van der Waals surface area (Å²) in [5.74, 6) is 0. The number of rotatable bonds is 2. The van der Waals surface area contributed by atoms with Crippen LogP contribution >= 0.6 is 0 Å². The lowest BCUT2D eigenvalue weighted by Crippen LogP contribution is -2.11. The van der Waals surface area contributed by atoms with Gasteiger partial charge in [0, 0.05) is 38.9 Å². The van der Waals surface area contributed by atoms with Crippen LogP contribution in [0.15, 0.2) is 77.3 Å². The molecule has 0 unspecified atom stereocenters. The maximum absolute atomic E-state index is 13.9.